The van der Waals surface area contributed by atoms with Crippen molar-refractivity contribution < 1.29 is 14.6 Å². The number of carbonyl (C=O) groups is 1. The number of carboxylic acid groups (broad SMARTS) is 1. The van der Waals surface area contributed by atoms with Crippen LogP contribution in [0, 0.1) is 11.8 Å². The van der Waals surface area contributed by atoms with Gasteiger partial charge >= 0.3 is 5.97 Å². The molecule has 1 N–H and O–H groups in total. The molecule has 1 heterocycles. The Morgan fingerprint density at radius 3 is 2.60 bits per heavy atom. The number of hydrogen-bond donors (Lipinski definition) is 1. The number of methoxy groups -OCH3 is 1. The molecule has 1 fully saturated rings. The normalized spacial score (nSPS) is 21.5. The SMILES string of the molecule is COCC(C)CN1CCC(C(=O)O)CC1. The summed E-state index contributed by atoms with van der Waals surface area (Å²) in [6, 6.07) is 0. The predicted molar refractivity (Wildman–Crippen MR) is 57.8 cm³/mol. The maximum atomic E-state index is 10.7. The smallest absolute Gasteiger partial charge is 0.306 e. The molecule has 4 nitrogen and oxygen atoms in total. The first-order valence-electron chi connectivity index (χ1n) is 5.57. The Morgan fingerprint density at radius 1 is 1.53 bits per heavy atom. The van der Waals surface area contributed by atoms with Crippen LogP contribution in [-0.2, 0) is 9.53 Å². The maximum Gasteiger partial charge on any atom is 0.306 e. The average Bonchev–Trinajstić information content (AvgIpc) is 2.18. The van der Waals surface area contributed by atoms with Crippen LogP contribution in [0.25, 0.3) is 0 Å². The third-order valence-corrected chi connectivity index (χ3v) is 2.96. The zero-order chi connectivity index (χ0) is 11.3. The Kier molecular flexibility index (Phi) is 5.05. The van der Waals surface area contributed by atoms with Crippen molar-refractivity contribution in [3.05, 3.63) is 0 Å². The Balaban J connectivity index is 2.22. The van der Waals surface area contributed by atoms with Gasteiger partial charge in [0.15, 0.2) is 0 Å². The van der Waals surface area contributed by atoms with Crippen LogP contribution in [0.15, 0.2) is 0 Å². The first-order valence-corrected chi connectivity index (χ1v) is 5.57. The Bertz CT molecular complexity index is 200. The maximum absolute atomic E-state index is 10.7. The van der Waals surface area contributed by atoms with Crippen molar-refractivity contribution >= 4 is 5.97 Å². The summed E-state index contributed by atoms with van der Waals surface area (Å²) in [6.45, 7) is 5.77. The Morgan fingerprint density at radius 2 is 2.13 bits per heavy atom. The molecule has 1 atom stereocenters. The first-order chi connectivity index (χ1) is 7.13. The van der Waals surface area contributed by atoms with E-state index >= 15 is 0 Å². The molecule has 1 saturated heterocycles. The first kappa shape index (κ1) is 12.5. The summed E-state index contributed by atoms with van der Waals surface area (Å²) in [5.41, 5.74) is 0. The van der Waals surface area contributed by atoms with Crippen LogP contribution in [0.5, 0.6) is 0 Å². The molecule has 15 heavy (non-hydrogen) atoms. The second-order valence-corrected chi connectivity index (χ2v) is 4.47. The summed E-state index contributed by atoms with van der Waals surface area (Å²) in [5, 5.41) is 8.85. The van der Waals surface area contributed by atoms with Gasteiger partial charge in [-0.2, -0.15) is 0 Å². The standard InChI is InChI=1S/C11H21NO3/c1-9(8-15-2)7-12-5-3-10(4-6-12)11(13)14/h9-10H,3-8H2,1-2H3,(H,13,14). The zero-order valence-electron chi connectivity index (χ0n) is 9.61. The molecule has 1 rings (SSSR count). The van der Waals surface area contributed by atoms with E-state index in [4.69, 9.17) is 9.84 Å². The monoisotopic (exact) mass is 215 g/mol. The molecule has 0 amide bonds. The number of ether oxygens (including phenoxy) is 1. The molecule has 0 aromatic heterocycles. The second kappa shape index (κ2) is 6.08. The summed E-state index contributed by atoms with van der Waals surface area (Å²) in [4.78, 5) is 13.1. The van der Waals surface area contributed by atoms with E-state index in [9.17, 15) is 4.79 Å². The molecule has 0 spiro atoms. The van der Waals surface area contributed by atoms with Gasteiger partial charge in [0.2, 0.25) is 0 Å². The van der Waals surface area contributed by atoms with Gasteiger partial charge in [-0.3, -0.25) is 4.79 Å². The quantitative estimate of drug-likeness (QED) is 0.745. The van der Waals surface area contributed by atoms with Crippen molar-refractivity contribution in [1.82, 2.24) is 4.90 Å². The molecule has 4 heteroatoms. The average molecular weight is 215 g/mol. The van der Waals surface area contributed by atoms with Crippen LogP contribution < -0.4 is 0 Å². The van der Waals surface area contributed by atoms with Crippen LogP contribution in [-0.4, -0.2) is 49.3 Å². The molecule has 1 aliphatic rings. The fourth-order valence-electron chi connectivity index (χ4n) is 2.14. The highest BCUT2D eigenvalue weighted by molar-refractivity contribution is 5.70. The lowest BCUT2D eigenvalue weighted by atomic mass is 9.96. The van der Waals surface area contributed by atoms with Gasteiger partial charge in [-0.15, -0.1) is 0 Å². The topological polar surface area (TPSA) is 49.8 Å². The van der Waals surface area contributed by atoms with Crippen molar-refractivity contribution in [2.45, 2.75) is 19.8 Å². The molecule has 0 aromatic carbocycles. The Hall–Kier alpha value is -0.610. The van der Waals surface area contributed by atoms with Gasteiger partial charge in [-0.05, 0) is 31.8 Å². The zero-order valence-corrected chi connectivity index (χ0v) is 9.61. The van der Waals surface area contributed by atoms with Crippen LogP contribution in [0.4, 0.5) is 0 Å². The largest absolute Gasteiger partial charge is 0.481 e. The van der Waals surface area contributed by atoms with Crippen LogP contribution in [0.2, 0.25) is 0 Å². The fourth-order valence-corrected chi connectivity index (χ4v) is 2.14. The molecule has 0 bridgehead atoms. The van der Waals surface area contributed by atoms with Crippen LogP contribution in [0.1, 0.15) is 19.8 Å². The van der Waals surface area contributed by atoms with E-state index in [1.165, 1.54) is 0 Å². The lowest BCUT2D eigenvalue weighted by Crippen LogP contribution is -2.39. The predicted octanol–water partition coefficient (Wildman–Crippen LogP) is 1.07. The highest BCUT2D eigenvalue weighted by Gasteiger charge is 2.24. The van der Waals surface area contributed by atoms with E-state index in [1.807, 2.05) is 0 Å². The van der Waals surface area contributed by atoms with Crippen LogP contribution in [0.3, 0.4) is 0 Å². The second-order valence-electron chi connectivity index (χ2n) is 4.47. The minimum atomic E-state index is -0.639. The van der Waals surface area contributed by atoms with Gasteiger partial charge in [0, 0.05) is 20.3 Å². The lowest BCUT2D eigenvalue weighted by Gasteiger charge is -2.31. The Labute approximate surface area is 91.2 Å². The third-order valence-electron chi connectivity index (χ3n) is 2.96. The highest BCUT2D eigenvalue weighted by atomic mass is 16.5. The van der Waals surface area contributed by atoms with Gasteiger partial charge in [0.25, 0.3) is 0 Å². The van der Waals surface area contributed by atoms with E-state index in [1.54, 1.807) is 7.11 Å². The molecule has 0 aromatic rings. The van der Waals surface area contributed by atoms with Crippen molar-refractivity contribution in [2.75, 3.05) is 33.4 Å². The minimum Gasteiger partial charge on any atom is -0.481 e. The fraction of sp³-hybridized carbons (Fsp3) is 0.909. The van der Waals surface area contributed by atoms with Gasteiger partial charge < -0.3 is 14.7 Å². The summed E-state index contributed by atoms with van der Waals surface area (Å²) in [7, 11) is 1.72. The van der Waals surface area contributed by atoms with E-state index in [-0.39, 0.29) is 5.92 Å². The van der Waals surface area contributed by atoms with Gasteiger partial charge in [0.05, 0.1) is 5.92 Å². The molecule has 0 saturated carbocycles. The highest BCUT2D eigenvalue weighted by Crippen LogP contribution is 2.18. The summed E-state index contributed by atoms with van der Waals surface area (Å²) in [6.07, 6.45) is 1.57. The summed E-state index contributed by atoms with van der Waals surface area (Å²) >= 11 is 0. The summed E-state index contributed by atoms with van der Waals surface area (Å²) < 4.78 is 5.08. The van der Waals surface area contributed by atoms with E-state index < -0.39 is 5.97 Å². The van der Waals surface area contributed by atoms with Gasteiger partial charge in [-0.25, -0.2) is 0 Å². The number of nitrogens with zero attached hydrogens (tertiary/aromatic N) is 1. The van der Waals surface area contributed by atoms with Gasteiger partial charge in [0.1, 0.15) is 0 Å². The van der Waals surface area contributed by atoms with E-state index in [0.717, 1.165) is 39.1 Å². The number of carboxylic acids is 1. The third kappa shape index (κ3) is 4.18. The van der Waals surface area contributed by atoms with E-state index in [0.29, 0.717) is 5.92 Å². The van der Waals surface area contributed by atoms with Crippen molar-refractivity contribution in [3.8, 4) is 0 Å². The number of aliphatic carboxylic acids is 1. The van der Waals surface area contributed by atoms with E-state index in [2.05, 4.69) is 11.8 Å². The molecule has 0 aliphatic carbocycles. The number of likely N-dealkylation sites (tertiary alicyclic amines) is 1. The van der Waals surface area contributed by atoms with Crippen molar-refractivity contribution in [2.24, 2.45) is 11.8 Å². The number of hydrogen-bond acceptors (Lipinski definition) is 3. The summed E-state index contributed by atoms with van der Waals surface area (Å²) in [5.74, 6) is -0.241. The molecule has 88 valence electrons. The molecular weight excluding hydrogens is 194 g/mol. The molecule has 1 unspecified atom stereocenters. The van der Waals surface area contributed by atoms with Crippen molar-refractivity contribution in [1.29, 1.82) is 0 Å². The lowest BCUT2D eigenvalue weighted by molar-refractivity contribution is -0.143. The molecular formula is C11H21NO3. The molecule has 0 radical (unpaired) electrons. The number of rotatable bonds is 5. The van der Waals surface area contributed by atoms with Crippen LogP contribution >= 0.6 is 0 Å². The van der Waals surface area contributed by atoms with Gasteiger partial charge in [-0.1, -0.05) is 6.92 Å². The molecule has 1 aliphatic heterocycles. The number of piperidine rings is 1. The minimum absolute atomic E-state index is 0.126. The van der Waals surface area contributed by atoms with Crippen molar-refractivity contribution in [3.63, 3.8) is 0 Å².